The van der Waals surface area contributed by atoms with Crippen LogP contribution in [-0.4, -0.2) is 41.1 Å². The van der Waals surface area contributed by atoms with Gasteiger partial charge in [0.15, 0.2) is 0 Å². The minimum Gasteiger partial charge on any atom is -0.332 e. The highest BCUT2D eigenvalue weighted by atomic mass is 15.2. The number of rotatable bonds is 5. The molecular weight excluding hydrogens is 200 g/mol. The highest BCUT2D eigenvalue weighted by Crippen LogP contribution is 2.08. The molecule has 0 amide bonds. The van der Waals surface area contributed by atoms with Crippen LogP contribution in [0.5, 0.6) is 0 Å². The van der Waals surface area contributed by atoms with E-state index in [9.17, 15) is 0 Å². The fraction of sp³-hybridized carbons (Fsp3) is 0.750. The van der Waals surface area contributed by atoms with E-state index < -0.39 is 0 Å². The van der Waals surface area contributed by atoms with Gasteiger partial charge in [-0.1, -0.05) is 6.42 Å². The van der Waals surface area contributed by atoms with Crippen LogP contribution in [0.3, 0.4) is 0 Å². The maximum Gasteiger partial charge on any atom is 0.0949 e. The summed E-state index contributed by atoms with van der Waals surface area (Å²) in [6.07, 6.45) is 8.04. The van der Waals surface area contributed by atoms with Gasteiger partial charge in [0.25, 0.3) is 0 Å². The topological polar surface area (TPSA) is 33.1 Å². The summed E-state index contributed by atoms with van der Waals surface area (Å²) in [7, 11) is 1.97. The molecule has 1 fully saturated rings. The van der Waals surface area contributed by atoms with Crippen molar-refractivity contribution in [3.63, 3.8) is 0 Å². The van der Waals surface area contributed by atoms with Gasteiger partial charge in [0.05, 0.1) is 12.0 Å². The van der Waals surface area contributed by atoms with Crippen molar-refractivity contribution in [2.24, 2.45) is 0 Å². The third-order valence-electron chi connectivity index (χ3n) is 3.26. The van der Waals surface area contributed by atoms with E-state index in [0.717, 1.165) is 19.6 Å². The Hall–Kier alpha value is -0.870. The van der Waals surface area contributed by atoms with Gasteiger partial charge in [-0.25, -0.2) is 4.98 Å². The summed E-state index contributed by atoms with van der Waals surface area (Å²) in [5.74, 6) is 0. The molecule has 2 heterocycles. The number of nitrogens with one attached hydrogen (secondary N) is 1. The molecule has 0 spiro atoms. The first-order valence-electron chi connectivity index (χ1n) is 6.26. The molecule has 16 heavy (non-hydrogen) atoms. The SMILES string of the molecule is CNCc1cncn1CCN1CCCCC1. The molecule has 1 aliphatic heterocycles. The van der Waals surface area contributed by atoms with E-state index in [0.29, 0.717) is 0 Å². The first-order chi connectivity index (χ1) is 7.90. The van der Waals surface area contributed by atoms with Crippen molar-refractivity contribution in [3.8, 4) is 0 Å². The Morgan fingerprint density at radius 3 is 2.81 bits per heavy atom. The number of nitrogens with zero attached hydrogens (tertiary/aromatic N) is 3. The molecule has 2 rings (SSSR count). The van der Waals surface area contributed by atoms with Gasteiger partial charge in [-0.2, -0.15) is 0 Å². The highest BCUT2D eigenvalue weighted by Gasteiger charge is 2.10. The Morgan fingerprint density at radius 1 is 1.25 bits per heavy atom. The van der Waals surface area contributed by atoms with Gasteiger partial charge in [-0.05, 0) is 33.0 Å². The molecule has 1 aromatic rings. The lowest BCUT2D eigenvalue weighted by molar-refractivity contribution is 0.220. The molecule has 0 aliphatic carbocycles. The van der Waals surface area contributed by atoms with E-state index in [1.807, 2.05) is 19.6 Å². The average Bonchev–Trinajstić information content (AvgIpc) is 2.76. The second-order valence-electron chi connectivity index (χ2n) is 4.51. The predicted molar refractivity (Wildman–Crippen MR) is 65.3 cm³/mol. The number of hydrogen-bond donors (Lipinski definition) is 1. The molecule has 1 N–H and O–H groups in total. The Kier molecular flexibility index (Phi) is 4.36. The minimum atomic E-state index is 0.903. The molecule has 1 aliphatic rings. The van der Waals surface area contributed by atoms with Crippen molar-refractivity contribution in [2.75, 3.05) is 26.7 Å². The number of aromatic nitrogens is 2. The van der Waals surface area contributed by atoms with Gasteiger partial charge in [0.2, 0.25) is 0 Å². The first kappa shape index (κ1) is 11.6. The van der Waals surface area contributed by atoms with Crippen LogP contribution >= 0.6 is 0 Å². The number of imidazole rings is 1. The normalized spacial score (nSPS) is 17.8. The lowest BCUT2D eigenvalue weighted by Crippen LogP contribution is -2.32. The smallest absolute Gasteiger partial charge is 0.0949 e. The maximum atomic E-state index is 4.21. The molecule has 1 saturated heterocycles. The number of likely N-dealkylation sites (tertiary alicyclic amines) is 1. The fourth-order valence-electron chi connectivity index (χ4n) is 2.31. The Labute approximate surface area is 97.7 Å². The van der Waals surface area contributed by atoms with E-state index in [1.165, 1.54) is 38.0 Å². The van der Waals surface area contributed by atoms with E-state index in [-0.39, 0.29) is 0 Å². The van der Waals surface area contributed by atoms with Gasteiger partial charge in [-0.3, -0.25) is 0 Å². The zero-order chi connectivity index (χ0) is 11.2. The van der Waals surface area contributed by atoms with Crippen LogP contribution in [0.15, 0.2) is 12.5 Å². The molecule has 1 aromatic heterocycles. The number of piperidine rings is 1. The van der Waals surface area contributed by atoms with Crippen LogP contribution in [0.1, 0.15) is 25.0 Å². The van der Waals surface area contributed by atoms with Gasteiger partial charge < -0.3 is 14.8 Å². The molecular formula is C12H22N4. The lowest BCUT2D eigenvalue weighted by Gasteiger charge is -2.26. The Balaban J connectivity index is 1.81. The monoisotopic (exact) mass is 222 g/mol. The van der Waals surface area contributed by atoms with Crippen molar-refractivity contribution in [1.29, 1.82) is 0 Å². The van der Waals surface area contributed by atoms with Crippen LogP contribution in [-0.2, 0) is 13.1 Å². The second kappa shape index (κ2) is 6.01. The second-order valence-corrected chi connectivity index (χ2v) is 4.51. The molecule has 0 unspecified atom stereocenters. The number of hydrogen-bond acceptors (Lipinski definition) is 3. The van der Waals surface area contributed by atoms with Gasteiger partial charge in [-0.15, -0.1) is 0 Å². The zero-order valence-electron chi connectivity index (χ0n) is 10.2. The van der Waals surface area contributed by atoms with E-state index in [4.69, 9.17) is 0 Å². The standard InChI is InChI=1S/C12H22N4/c1-13-9-12-10-14-11-16(12)8-7-15-5-3-2-4-6-15/h10-11,13H,2-9H2,1H3. The fourth-order valence-corrected chi connectivity index (χ4v) is 2.31. The van der Waals surface area contributed by atoms with Crippen LogP contribution in [0.2, 0.25) is 0 Å². The molecule has 4 nitrogen and oxygen atoms in total. The lowest BCUT2D eigenvalue weighted by atomic mass is 10.1. The summed E-state index contributed by atoms with van der Waals surface area (Å²) in [5.41, 5.74) is 1.28. The Bertz CT molecular complexity index is 302. The van der Waals surface area contributed by atoms with Gasteiger partial charge in [0.1, 0.15) is 0 Å². The molecule has 0 saturated carbocycles. The Morgan fingerprint density at radius 2 is 2.06 bits per heavy atom. The molecule has 0 aromatic carbocycles. The summed E-state index contributed by atoms with van der Waals surface area (Å²) in [6, 6.07) is 0. The van der Waals surface area contributed by atoms with Crippen LogP contribution < -0.4 is 5.32 Å². The molecule has 0 atom stereocenters. The van der Waals surface area contributed by atoms with Crippen molar-refractivity contribution in [2.45, 2.75) is 32.4 Å². The molecule has 4 heteroatoms. The van der Waals surface area contributed by atoms with Crippen molar-refractivity contribution >= 4 is 0 Å². The van der Waals surface area contributed by atoms with Crippen LogP contribution in [0.4, 0.5) is 0 Å². The third-order valence-corrected chi connectivity index (χ3v) is 3.26. The third kappa shape index (κ3) is 3.06. The molecule has 0 radical (unpaired) electrons. The summed E-state index contributed by atoms with van der Waals surface area (Å²) < 4.78 is 2.26. The summed E-state index contributed by atoms with van der Waals surface area (Å²) in [4.78, 5) is 6.77. The summed E-state index contributed by atoms with van der Waals surface area (Å²) >= 11 is 0. The van der Waals surface area contributed by atoms with Crippen molar-refractivity contribution in [3.05, 3.63) is 18.2 Å². The van der Waals surface area contributed by atoms with E-state index >= 15 is 0 Å². The van der Waals surface area contributed by atoms with Crippen LogP contribution in [0, 0.1) is 0 Å². The van der Waals surface area contributed by atoms with Gasteiger partial charge >= 0.3 is 0 Å². The highest BCUT2D eigenvalue weighted by molar-refractivity contribution is 4.97. The maximum absolute atomic E-state index is 4.21. The van der Waals surface area contributed by atoms with Crippen molar-refractivity contribution < 1.29 is 0 Å². The van der Waals surface area contributed by atoms with Crippen molar-refractivity contribution in [1.82, 2.24) is 19.8 Å². The minimum absolute atomic E-state index is 0.903. The molecule has 0 bridgehead atoms. The largest absolute Gasteiger partial charge is 0.332 e. The zero-order valence-corrected chi connectivity index (χ0v) is 10.2. The van der Waals surface area contributed by atoms with Crippen LogP contribution in [0.25, 0.3) is 0 Å². The van der Waals surface area contributed by atoms with E-state index in [2.05, 4.69) is 19.8 Å². The molecule has 90 valence electrons. The first-order valence-corrected chi connectivity index (χ1v) is 6.26. The predicted octanol–water partition coefficient (Wildman–Crippen LogP) is 1.09. The van der Waals surface area contributed by atoms with E-state index in [1.54, 1.807) is 0 Å². The summed E-state index contributed by atoms with van der Waals surface area (Å²) in [6.45, 7) is 5.68. The van der Waals surface area contributed by atoms with Gasteiger partial charge in [0, 0.05) is 25.8 Å². The quantitative estimate of drug-likeness (QED) is 0.809. The summed E-state index contributed by atoms with van der Waals surface area (Å²) in [5, 5.41) is 3.17. The average molecular weight is 222 g/mol.